The second-order valence-corrected chi connectivity index (χ2v) is 14.2. The predicted molar refractivity (Wildman–Crippen MR) is 191 cm³/mol. The van der Waals surface area contributed by atoms with Crippen LogP contribution in [0.2, 0.25) is 0 Å². The van der Waals surface area contributed by atoms with Crippen LogP contribution in [0.1, 0.15) is 52.9 Å². The highest BCUT2D eigenvalue weighted by atomic mass is 16.4. The van der Waals surface area contributed by atoms with Gasteiger partial charge < -0.3 is 40.9 Å². The van der Waals surface area contributed by atoms with Crippen LogP contribution in [0.15, 0.2) is 0 Å². The lowest BCUT2D eigenvalue weighted by Crippen LogP contribution is -2.53. The molecule has 2 fully saturated rings. The van der Waals surface area contributed by atoms with Crippen LogP contribution in [-0.2, 0) is 33.6 Å². The molecule has 2 saturated heterocycles. The Morgan fingerprint density at radius 2 is 1.15 bits per heavy atom. The van der Waals surface area contributed by atoms with E-state index in [9.17, 15) is 58.9 Å². The van der Waals surface area contributed by atoms with Crippen LogP contribution in [0.5, 0.6) is 0 Å². The van der Waals surface area contributed by atoms with E-state index in [0.717, 1.165) is 0 Å². The molecule has 0 spiro atoms. The minimum Gasteiger partial charge on any atom is -0.480 e. The highest BCUT2D eigenvalue weighted by molar-refractivity contribution is 6.43. The summed E-state index contributed by atoms with van der Waals surface area (Å²) in [6.45, 7) is 6.99. The molecule has 53 heavy (non-hydrogen) atoms. The number of Topliss-reactive ketones (excluding diaryl/α,β-unsaturated/α-hetero) is 1. The predicted octanol–water partition coefficient (Wildman–Crippen LogP) is -2.90. The molecule has 3 amide bonds. The lowest BCUT2D eigenvalue weighted by Gasteiger charge is -2.32. The standard InChI is InChI=1S/C33H58BN7O12/c1-23(2)26(32(50)36-24(3)33(51)41-9-5-7-27(41)34(52)53)18-25(42)6-4-8-35-28(43)19-37-10-12-38(20-29(44)45)14-16-40(22-31(48)49)17-15-39(13-11-37)21-30(46)47/h23-24,26-27,52-53H,4-22H2,1-3H3,(H,35,43)(H,36,50)(H,44,45)(H,46,47)(H,48,49)/t24-,26+,27+/m1/s1. The van der Waals surface area contributed by atoms with Gasteiger partial charge in [-0.15, -0.1) is 0 Å². The molecular formula is C33H58BN7O12. The third-order valence-corrected chi connectivity index (χ3v) is 9.57. The molecule has 0 aromatic rings. The van der Waals surface area contributed by atoms with E-state index >= 15 is 0 Å². The Balaban J connectivity index is 1.90. The average molecular weight is 756 g/mol. The molecule has 0 saturated carbocycles. The molecular weight excluding hydrogens is 697 g/mol. The molecule has 0 aliphatic carbocycles. The summed E-state index contributed by atoms with van der Waals surface area (Å²) < 4.78 is 0. The number of hydrogen-bond acceptors (Lipinski definition) is 13. The van der Waals surface area contributed by atoms with Crippen molar-refractivity contribution in [3.63, 3.8) is 0 Å². The Morgan fingerprint density at radius 3 is 1.57 bits per heavy atom. The summed E-state index contributed by atoms with van der Waals surface area (Å²) in [4.78, 5) is 94.4. The van der Waals surface area contributed by atoms with Gasteiger partial charge in [-0.2, -0.15) is 0 Å². The zero-order chi connectivity index (χ0) is 39.7. The van der Waals surface area contributed by atoms with Crippen LogP contribution >= 0.6 is 0 Å². The Kier molecular flexibility index (Phi) is 19.9. The number of hydrogen-bond donors (Lipinski definition) is 7. The van der Waals surface area contributed by atoms with Crippen molar-refractivity contribution < 1.29 is 58.9 Å². The Bertz CT molecular complexity index is 1230. The second-order valence-electron chi connectivity index (χ2n) is 14.2. The van der Waals surface area contributed by atoms with Gasteiger partial charge in [0.05, 0.1) is 32.1 Å². The number of likely N-dealkylation sites (tertiary alicyclic amines) is 1. The first-order chi connectivity index (χ1) is 25.0. The number of nitrogens with zero attached hydrogens (tertiary/aromatic N) is 5. The number of carboxylic acids is 3. The van der Waals surface area contributed by atoms with Gasteiger partial charge in [0.1, 0.15) is 11.8 Å². The highest BCUT2D eigenvalue weighted by Crippen LogP contribution is 2.21. The van der Waals surface area contributed by atoms with E-state index in [1.54, 1.807) is 33.4 Å². The summed E-state index contributed by atoms with van der Waals surface area (Å²) in [5.41, 5.74) is 0. The first kappa shape index (κ1) is 45.5. The van der Waals surface area contributed by atoms with E-state index in [-0.39, 0.29) is 102 Å². The van der Waals surface area contributed by atoms with Crippen LogP contribution in [0.4, 0.5) is 0 Å². The van der Waals surface area contributed by atoms with Crippen molar-refractivity contribution in [3.05, 3.63) is 0 Å². The highest BCUT2D eigenvalue weighted by Gasteiger charge is 2.39. The fourth-order valence-corrected chi connectivity index (χ4v) is 6.54. The first-order valence-electron chi connectivity index (χ1n) is 18.3. The number of ketones is 1. The number of nitrogens with one attached hydrogen (secondary N) is 2. The first-order valence-corrected chi connectivity index (χ1v) is 18.3. The number of carbonyl (C=O) groups is 7. The summed E-state index contributed by atoms with van der Waals surface area (Å²) in [6.07, 6.45) is 1.43. The quantitative estimate of drug-likeness (QED) is 0.0515. The molecule has 20 heteroatoms. The van der Waals surface area contributed by atoms with Gasteiger partial charge in [-0.3, -0.25) is 53.2 Å². The normalized spacial score (nSPS) is 19.8. The minimum atomic E-state index is -1.67. The van der Waals surface area contributed by atoms with Gasteiger partial charge in [0.15, 0.2) is 0 Å². The van der Waals surface area contributed by atoms with Crippen LogP contribution in [0.25, 0.3) is 0 Å². The number of carbonyl (C=O) groups excluding carboxylic acids is 4. The Labute approximate surface area is 310 Å². The summed E-state index contributed by atoms with van der Waals surface area (Å²) in [5.74, 6) is -6.16. The Morgan fingerprint density at radius 1 is 0.698 bits per heavy atom. The lowest BCUT2D eigenvalue weighted by molar-refractivity contribution is -0.140. The van der Waals surface area contributed by atoms with Crippen LogP contribution in [-0.4, -0.2) is 202 Å². The molecule has 0 aromatic carbocycles. The van der Waals surface area contributed by atoms with Crippen molar-refractivity contribution in [2.75, 3.05) is 91.6 Å². The van der Waals surface area contributed by atoms with Crippen molar-refractivity contribution in [3.8, 4) is 0 Å². The van der Waals surface area contributed by atoms with E-state index in [1.807, 2.05) is 0 Å². The largest absolute Gasteiger partial charge is 0.480 e. The van der Waals surface area contributed by atoms with Gasteiger partial charge in [0, 0.05) is 84.2 Å². The van der Waals surface area contributed by atoms with Crippen molar-refractivity contribution >= 4 is 48.5 Å². The molecule has 0 bridgehead atoms. The average Bonchev–Trinajstić information content (AvgIpc) is 3.56. The molecule has 2 rings (SSSR count). The number of amides is 3. The smallest absolute Gasteiger partial charge is 0.475 e. The maximum absolute atomic E-state index is 13.1. The number of aliphatic carboxylic acids is 3. The fraction of sp³-hybridized carbons (Fsp3) is 0.788. The van der Waals surface area contributed by atoms with Crippen LogP contribution in [0, 0.1) is 11.8 Å². The fourth-order valence-electron chi connectivity index (χ4n) is 6.54. The van der Waals surface area contributed by atoms with Gasteiger partial charge in [0.25, 0.3) is 0 Å². The zero-order valence-electron chi connectivity index (χ0n) is 31.2. The molecule has 0 aromatic heterocycles. The van der Waals surface area contributed by atoms with Gasteiger partial charge in [-0.05, 0) is 32.1 Å². The molecule has 19 nitrogen and oxygen atoms in total. The zero-order valence-corrected chi connectivity index (χ0v) is 31.2. The monoisotopic (exact) mass is 755 g/mol. The van der Waals surface area contributed by atoms with Gasteiger partial charge >= 0.3 is 25.0 Å². The van der Waals surface area contributed by atoms with Crippen molar-refractivity contribution in [2.45, 2.75) is 64.9 Å². The minimum absolute atomic E-state index is 0.0527. The van der Waals surface area contributed by atoms with E-state index in [4.69, 9.17) is 0 Å². The molecule has 0 unspecified atom stereocenters. The van der Waals surface area contributed by atoms with Gasteiger partial charge in [-0.25, -0.2) is 0 Å². The van der Waals surface area contributed by atoms with E-state index in [2.05, 4.69) is 10.6 Å². The second kappa shape index (κ2) is 23.2. The van der Waals surface area contributed by atoms with E-state index < -0.39 is 54.7 Å². The van der Waals surface area contributed by atoms with Crippen LogP contribution < -0.4 is 10.6 Å². The summed E-state index contributed by atoms with van der Waals surface area (Å²) in [5, 5.41) is 52.8. The van der Waals surface area contributed by atoms with Gasteiger partial charge in [-0.1, -0.05) is 13.8 Å². The molecule has 3 atom stereocenters. The molecule has 7 N–H and O–H groups in total. The third-order valence-electron chi connectivity index (χ3n) is 9.57. The molecule has 2 aliphatic rings. The lowest BCUT2D eigenvalue weighted by atomic mass is 9.78. The Hall–Kier alpha value is -3.69. The van der Waals surface area contributed by atoms with Crippen LogP contribution in [0.3, 0.4) is 0 Å². The number of rotatable bonds is 19. The molecule has 300 valence electrons. The third kappa shape index (κ3) is 17.3. The summed E-state index contributed by atoms with van der Waals surface area (Å²) in [6, 6.07) is -0.917. The molecule has 2 aliphatic heterocycles. The maximum atomic E-state index is 13.1. The van der Waals surface area contributed by atoms with E-state index in [1.165, 1.54) is 11.8 Å². The van der Waals surface area contributed by atoms with E-state index in [0.29, 0.717) is 38.9 Å². The summed E-state index contributed by atoms with van der Waals surface area (Å²) in [7, 11) is -1.67. The SMILES string of the molecule is CC(C)[C@H](CC(=O)CCCNC(=O)CN1CCN(CC(=O)O)CCN(CC(=O)O)CCN(CC(=O)O)CC1)C(=O)N[C@H](C)C(=O)N1CCC[C@H]1B(O)O. The van der Waals surface area contributed by atoms with Crippen molar-refractivity contribution in [1.29, 1.82) is 0 Å². The molecule has 2 heterocycles. The maximum Gasteiger partial charge on any atom is 0.475 e. The topological polar surface area (TPSA) is 261 Å². The van der Waals surface area contributed by atoms with Crippen molar-refractivity contribution in [2.24, 2.45) is 11.8 Å². The van der Waals surface area contributed by atoms with Crippen molar-refractivity contribution in [1.82, 2.24) is 35.1 Å². The molecule has 0 radical (unpaired) electrons. The number of carboxylic acid groups (broad SMARTS) is 3. The summed E-state index contributed by atoms with van der Waals surface area (Å²) >= 11 is 0. The van der Waals surface area contributed by atoms with Gasteiger partial charge in [0.2, 0.25) is 17.7 Å².